The van der Waals surface area contributed by atoms with Crippen molar-refractivity contribution in [3.8, 4) is 0 Å². The molecule has 0 atom stereocenters. The molecule has 3 nitrogen and oxygen atoms in total. The molecular formula is C33H34BNO2. The van der Waals surface area contributed by atoms with Crippen LogP contribution in [0.2, 0.25) is 0 Å². The first-order valence-electron chi connectivity index (χ1n) is 12.5. The summed E-state index contributed by atoms with van der Waals surface area (Å²) in [5.41, 5.74) is 4.84. The van der Waals surface area contributed by atoms with Gasteiger partial charge in [-0.1, -0.05) is 110 Å². The van der Waals surface area contributed by atoms with Crippen molar-refractivity contribution in [3.05, 3.63) is 146 Å². The summed E-state index contributed by atoms with van der Waals surface area (Å²) in [5.74, 6) is 0. The molecule has 0 unspecified atom stereocenters. The zero-order valence-corrected chi connectivity index (χ0v) is 21.5. The van der Waals surface area contributed by atoms with Gasteiger partial charge >= 0.3 is 7.12 Å². The lowest BCUT2D eigenvalue weighted by molar-refractivity contribution is 0.426. The molecule has 5 aromatic rings. The first-order valence-corrected chi connectivity index (χ1v) is 12.5. The average Bonchev–Trinajstić information content (AvgIpc) is 2.95. The third-order valence-electron chi connectivity index (χ3n) is 5.68. The topological polar surface area (TPSA) is 43.7 Å². The Bertz CT molecular complexity index is 1350. The van der Waals surface area contributed by atoms with Gasteiger partial charge in [0.1, 0.15) is 0 Å². The monoisotopic (exact) mass is 487 g/mol. The van der Waals surface area contributed by atoms with Crippen LogP contribution in [0.5, 0.6) is 0 Å². The van der Waals surface area contributed by atoms with E-state index in [1.165, 1.54) is 16.3 Å². The van der Waals surface area contributed by atoms with E-state index in [4.69, 9.17) is 0 Å². The molecule has 0 amide bonds. The van der Waals surface area contributed by atoms with Crippen LogP contribution in [0.4, 0.5) is 17.1 Å². The summed E-state index contributed by atoms with van der Waals surface area (Å²) in [5, 5.41) is 21.1. The Morgan fingerprint density at radius 3 is 1.65 bits per heavy atom. The molecule has 0 aromatic heterocycles. The number of benzene rings is 5. The van der Waals surface area contributed by atoms with Crippen LogP contribution < -0.4 is 10.4 Å². The van der Waals surface area contributed by atoms with E-state index in [0.29, 0.717) is 5.46 Å². The molecule has 37 heavy (non-hydrogen) atoms. The molecule has 0 saturated heterocycles. The van der Waals surface area contributed by atoms with E-state index >= 15 is 0 Å². The maximum absolute atomic E-state index is 9.35. The molecule has 0 radical (unpaired) electrons. The first kappa shape index (κ1) is 27.5. The van der Waals surface area contributed by atoms with Gasteiger partial charge < -0.3 is 14.9 Å². The Kier molecular flexibility index (Phi) is 10.7. The molecule has 5 aromatic carbocycles. The standard InChI is InChI=1S/C22H18BNO2.C7H8.C4H8/c25-23(26)19-11-14-21(15-12-19)24(20-8-2-1-3-9-20)22-13-10-17-6-4-5-7-18(17)16-22;1-7-5-3-2-4-6-7;1-3-4-2/h1-16,25-26H;2-6H,1H3;3H,1,4H2,2H3. The highest BCUT2D eigenvalue weighted by atomic mass is 16.4. The summed E-state index contributed by atoms with van der Waals surface area (Å²) in [6.07, 6.45) is 2.96. The quantitative estimate of drug-likeness (QED) is 0.199. The smallest absolute Gasteiger partial charge is 0.423 e. The van der Waals surface area contributed by atoms with E-state index in [0.717, 1.165) is 23.5 Å². The summed E-state index contributed by atoms with van der Waals surface area (Å²) < 4.78 is 0. The van der Waals surface area contributed by atoms with Gasteiger partial charge in [-0.2, -0.15) is 0 Å². The van der Waals surface area contributed by atoms with Crippen molar-refractivity contribution in [2.45, 2.75) is 20.3 Å². The average molecular weight is 487 g/mol. The van der Waals surface area contributed by atoms with Gasteiger partial charge in [0.2, 0.25) is 0 Å². The zero-order valence-electron chi connectivity index (χ0n) is 21.5. The van der Waals surface area contributed by atoms with Crippen molar-refractivity contribution >= 4 is 40.4 Å². The molecule has 0 aliphatic carbocycles. The maximum atomic E-state index is 9.35. The molecule has 0 fully saturated rings. The Balaban J connectivity index is 0.000000289. The lowest BCUT2D eigenvalue weighted by Crippen LogP contribution is -2.29. The maximum Gasteiger partial charge on any atom is 0.488 e. The molecule has 2 N–H and O–H groups in total. The normalized spacial score (nSPS) is 9.84. The molecule has 5 rings (SSSR count). The molecule has 0 heterocycles. The minimum atomic E-state index is -1.46. The van der Waals surface area contributed by atoms with E-state index in [-0.39, 0.29) is 0 Å². The summed E-state index contributed by atoms with van der Waals surface area (Å²) in [4.78, 5) is 2.15. The van der Waals surface area contributed by atoms with Crippen molar-refractivity contribution in [2.75, 3.05) is 4.90 Å². The number of allylic oxidation sites excluding steroid dienone is 1. The van der Waals surface area contributed by atoms with Crippen LogP contribution >= 0.6 is 0 Å². The minimum Gasteiger partial charge on any atom is -0.423 e. The summed E-state index contributed by atoms with van der Waals surface area (Å²) >= 11 is 0. The van der Waals surface area contributed by atoms with E-state index in [1.807, 2.05) is 66.7 Å². The Labute approximate surface area is 221 Å². The number of fused-ring (bicyclic) bond motifs is 1. The summed E-state index contributed by atoms with van der Waals surface area (Å²) in [6, 6.07) is 42.3. The lowest BCUT2D eigenvalue weighted by Gasteiger charge is -2.26. The number of aryl methyl sites for hydroxylation is 1. The van der Waals surface area contributed by atoms with Crippen LogP contribution in [0, 0.1) is 6.92 Å². The van der Waals surface area contributed by atoms with Crippen LogP contribution in [0.25, 0.3) is 10.8 Å². The highest BCUT2D eigenvalue weighted by molar-refractivity contribution is 6.58. The van der Waals surface area contributed by atoms with Crippen LogP contribution in [0.1, 0.15) is 18.9 Å². The van der Waals surface area contributed by atoms with Gasteiger partial charge in [0.25, 0.3) is 0 Å². The van der Waals surface area contributed by atoms with Crippen molar-refractivity contribution in [2.24, 2.45) is 0 Å². The van der Waals surface area contributed by atoms with Gasteiger partial charge in [0.15, 0.2) is 0 Å². The molecule has 0 spiro atoms. The van der Waals surface area contributed by atoms with Crippen LogP contribution in [-0.2, 0) is 0 Å². The molecule has 0 saturated carbocycles. The minimum absolute atomic E-state index is 0.472. The van der Waals surface area contributed by atoms with E-state index in [1.54, 1.807) is 12.1 Å². The van der Waals surface area contributed by atoms with Crippen molar-refractivity contribution in [1.82, 2.24) is 0 Å². The molecule has 0 aliphatic rings. The van der Waals surface area contributed by atoms with Gasteiger partial charge in [0, 0.05) is 17.1 Å². The second-order valence-electron chi connectivity index (χ2n) is 8.52. The predicted octanol–water partition coefficient (Wildman–Crippen LogP) is 7.57. The number of hydrogen-bond acceptors (Lipinski definition) is 3. The largest absolute Gasteiger partial charge is 0.488 e. The number of hydrogen-bond donors (Lipinski definition) is 2. The first-order chi connectivity index (χ1) is 18.0. The fourth-order valence-corrected chi connectivity index (χ4v) is 3.67. The summed E-state index contributed by atoms with van der Waals surface area (Å²) in [6.45, 7) is 7.62. The Hall–Kier alpha value is -4.12. The highest BCUT2D eigenvalue weighted by Crippen LogP contribution is 2.35. The van der Waals surface area contributed by atoms with Gasteiger partial charge in [0.05, 0.1) is 0 Å². The molecular weight excluding hydrogens is 453 g/mol. The van der Waals surface area contributed by atoms with E-state index < -0.39 is 7.12 Å². The van der Waals surface area contributed by atoms with Gasteiger partial charge in [-0.15, -0.1) is 6.58 Å². The third-order valence-corrected chi connectivity index (χ3v) is 5.68. The lowest BCUT2D eigenvalue weighted by atomic mass is 9.80. The van der Waals surface area contributed by atoms with E-state index in [2.05, 4.69) is 79.9 Å². The molecule has 4 heteroatoms. The van der Waals surface area contributed by atoms with Gasteiger partial charge in [-0.05, 0) is 66.0 Å². The second kappa shape index (κ2) is 14.4. The number of nitrogens with zero attached hydrogens (tertiary/aromatic N) is 1. The second-order valence-corrected chi connectivity index (χ2v) is 8.52. The molecule has 0 aliphatic heterocycles. The molecule has 0 bridgehead atoms. The fraction of sp³-hybridized carbons (Fsp3) is 0.0909. The predicted molar refractivity (Wildman–Crippen MR) is 160 cm³/mol. The number of para-hydroxylation sites is 1. The van der Waals surface area contributed by atoms with Crippen molar-refractivity contribution < 1.29 is 10.0 Å². The van der Waals surface area contributed by atoms with Gasteiger partial charge in [-0.25, -0.2) is 0 Å². The summed E-state index contributed by atoms with van der Waals surface area (Å²) in [7, 11) is -1.46. The highest BCUT2D eigenvalue weighted by Gasteiger charge is 2.15. The Morgan fingerprint density at radius 2 is 1.14 bits per heavy atom. The van der Waals surface area contributed by atoms with Gasteiger partial charge in [-0.3, -0.25) is 0 Å². The van der Waals surface area contributed by atoms with Crippen LogP contribution in [-0.4, -0.2) is 17.2 Å². The number of anilines is 3. The molecule has 186 valence electrons. The number of rotatable bonds is 5. The SMILES string of the molecule is C=CCC.Cc1ccccc1.OB(O)c1ccc(N(c2ccccc2)c2ccc3ccccc3c2)cc1. The van der Waals surface area contributed by atoms with Crippen molar-refractivity contribution in [1.29, 1.82) is 0 Å². The third kappa shape index (κ3) is 8.21. The zero-order chi connectivity index (χ0) is 26.5. The van der Waals surface area contributed by atoms with Crippen molar-refractivity contribution in [3.63, 3.8) is 0 Å². The van der Waals surface area contributed by atoms with Crippen LogP contribution in [0.15, 0.2) is 140 Å². The Morgan fingerprint density at radius 1 is 0.649 bits per heavy atom. The fourth-order valence-electron chi connectivity index (χ4n) is 3.67. The van der Waals surface area contributed by atoms with E-state index in [9.17, 15) is 10.0 Å². The van der Waals surface area contributed by atoms with Crippen LogP contribution in [0.3, 0.4) is 0 Å².